The van der Waals surface area contributed by atoms with Gasteiger partial charge in [0.05, 0.1) is 18.6 Å². The number of benzene rings is 1. The first-order valence-corrected chi connectivity index (χ1v) is 8.65. The number of nitrogens with zero attached hydrogens (tertiary/aromatic N) is 1. The van der Waals surface area contributed by atoms with Gasteiger partial charge >= 0.3 is 0 Å². The lowest BCUT2D eigenvalue weighted by Gasteiger charge is -2.36. The molecule has 1 aliphatic rings. The smallest absolute Gasteiger partial charge is 0.243 e. The number of ether oxygens (including phenoxy) is 1. The van der Waals surface area contributed by atoms with Crippen molar-refractivity contribution in [3.05, 3.63) is 23.8 Å². The van der Waals surface area contributed by atoms with E-state index in [1.165, 1.54) is 13.2 Å². The van der Waals surface area contributed by atoms with E-state index in [0.29, 0.717) is 23.8 Å². The highest BCUT2D eigenvalue weighted by Crippen LogP contribution is 2.30. The van der Waals surface area contributed by atoms with Gasteiger partial charge in [-0.2, -0.15) is 4.31 Å². The van der Waals surface area contributed by atoms with Crippen LogP contribution in [-0.4, -0.2) is 37.5 Å². The SMILES string of the molecule is COc1ccc(S(=O)(=O)N2CCCC(C)C2C)cc1CO. The maximum absolute atomic E-state index is 12.8. The molecule has 2 atom stereocenters. The molecular weight excluding hydrogens is 290 g/mol. The summed E-state index contributed by atoms with van der Waals surface area (Å²) < 4.78 is 32.3. The maximum atomic E-state index is 12.8. The Morgan fingerprint density at radius 2 is 2.10 bits per heavy atom. The Morgan fingerprint density at radius 3 is 2.71 bits per heavy atom. The molecular formula is C15H23NO4S. The molecule has 2 unspecified atom stereocenters. The van der Waals surface area contributed by atoms with E-state index >= 15 is 0 Å². The summed E-state index contributed by atoms with van der Waals surface area (Å²) in [4.78, 5) is 0.216. The largest absolute Gasteiger partial charge is 0.496 e. The van der Waals surface area contributed by atoms with Crippen LogP contribution in [0.5, 0.6) is 5.75 Å². The van der Waals surface area contributed by atoms with Crippen LogP contribution in [0.25, 0.3) is 0 Å². The molecule has 118 valence electrons. The van der Waals surface area contributed by atoms with Crippen LogP contribution >= 0.6 is 0 Å². The van der Waals surface area contributed by atoms with Crippen molar-refractivity contribution in [2.24, 2.45) is 5.92 Å². The van der Waals surface area contributed by atoms with E-state index < -0.39 is 10.0 Å². The summed E-state index contributed by atoms with van der Waals surface area (Å²) in [6.07, 6.45) is 1.94. The normalized spacial score (nSPS) is 24.0. The predicted octanol–water partition coefficient (Wildman–Crippen LogP) is 2.00. The van der Waals surface area contributed by atoms with Crippen LogP contribution in [0.3, 0.4) is 0 Å². The number of piperidine rings is 1. The maximum Gasteiger partial charge on any atom is 0.243 e. The molecule has 0 spiro atoms. The third kappa shape index (κ3) is 3.07. The molecule has 0 aromatic heterocycles. The number of rotatable bonds is 4. The predicted molar refractivity (Wildman–Crippen MR) is 80.7 cm³/mol. The van der Waals surface area contributed by atoms with Gasteiger partial charge in [-0.25, -0.2) is 8.42 Å². The fourth-order valence-corrected chi connectivity index (χ4v) is 4.63. The van der Waals surface area contributed by atoms with Crippen molar-refractivity contribution in [3.63, 3.8) is 0 Å². The number of hydrogen-bond acceptors (Lipinski definition) is 4. The first-order valence-electron chi connectivity index (χ1n) is 7.21. The van der Waals surface area contributed by atoms with E-state index in [0.717, 1.165) is 12.8 Å². The van der Waals surface area contributed by atoms with Crippen molar-refractivity contribution in [2.45, 2.75) is 44.2 Å². The van der Waals surface area contributed by atoms with Crippen LogP contribution in [0.15, 0.2) is 23.1 Å². The monoisotopic (exact) mass is 313 g/mol. The fraction of sp³-hybridized carbons (Fsp3) is 0.600. The minimum atomic E-state index is -3.54. The summed E-state index contributed by atoms with van der Waals surface area (Å²) in [7, 11) is -2.04. The molecule has 1 aromatic carbocycles. The van der Waals surface area contributed by atoms with Gasteiger partial charge in [0.2, 0.25) is 10.0 Å². The van der Waals surface area contributed by atoms with E-state index in [9.17, 15) is 13.5 Å². The van der Waals surface area contributed by atoms with E-state index in [2.05, 4.69) is 6.92 Å². The number of hydrogen-bond donors (Lipinski definition) is 1. The molecule has 1 heterocycles. The fourth-order valence-electron chi connectivity index (χ4n) is 2.81. The second kappa shape index (κ2) is 6.34. The lowest BCUT2D eigenvalue weighted by atomic mass is 9.94. The topological polar surface area (TPSA) is 66.8 Å². The highest BCUT2D eigenvalue weighted by atomic mass is 32.2. The third-order valence-electron chi connectivity index (χ3n) is 4.34. The van der Waals surface area contributed by atoms with Crippen molar-refractivity contribution in [2.75, 3.05) is 13.7 Å². The quantitative estimate of drug-likeness (QED) is 0.923. The average molecular weight is 313 g/mol. The zero-order valence-electron chi connectivity index (χ0n) is 12.7. The van der Waals surface area contributed by atoms with Crippen LogP contribution in [0.4, 0.5) is 0 Å². The van der Waals surface area contributed by atoms with Gasteiger partial charge in [0.15, 0.2) is 0 Å². The third-order valence-corrected chi connectivity index (χ3v) is 6.33. The number of aliphatic hydroxyl groups is 1. The molecule has 0 amide bonds. The Hall–Kier alpha value is -1.11. The average Bonchev–Trinajstić information content (AvgIpc) is 2.49. The van der Waals surface area contributed by atoms with Crippen molar-refractivity contribution in [1.29, 1.82) is 0 Å². The van der Waals surface area contributed by atoms with Crippen LogP contribution in [0, 0.1) is 5.92 Å². The van der Waals surface area contributed by atoms with Crippen LogP contribution in [0.1, 0.15) is 32.3 Å². The molecule has 0 radical (unpaired) electrons. The summed E-state index contributed by atoms with van der Waals surface area (Å²) in [6, 6.07) is 4.62. The Bertz CT molecular complexity index is 600. The zero-order chi connectivity index (χ0) is 15.6. The van der Waals surface area contributed by atoms with Gasteiger partial charge < -0.3 is 9.84 Å². The molecule has 1 fully saturated rings. The molecule has 1 saturated heterocycles. The van der Waals surface area contributed by atoms with Gasteiger partial charge in [0, 0.05) is 18.2 Å². The summed E-state index contributed by atoms with van der Waals surface area (Å²) in [5.41, 5.74) is 0.483. The molecule has 0 aliphatic carbocycles. The molecule has 2 rings (SSSR count). The standard InChI is InChI=1S/C15H23NO4S/c1-11-5-4-8-16(12(11)2)21(18,19)14-6-7-15(20-3)13(9-14)10-17/h6-7,9,11-12,17H,4-5,8,10H2,1-3H3. The second-order valence-corrected chi connectivity index (χ2v) is 7.50. The molecule has 1 aliphatic heterocycles. The van der Waals surface area contributed by atoms with Crippen LogP contribution in [-0.2, 0) is 16.6 Å². The summed E-state index contributed by atoms with van der Waals surface area (Å²) in [5, 5.41) is 9.36. The van der Waals surface area contributed by atoms with E-state index in [4.69, 9.17) is 4.74 Å². The van der Waals surface area contributed by atoms with Crippen molar-refractivity contribution < 1.29 is 18.3 Å². The highest BCUT2D eigenvalue weighted by Gasteiger charge is 2.34. The van der Waals surface area contributed by atoms with Crippen molar-refractivity contribution in [3.8, 4) is 5.75 Å². The number of methoxy groups -OCH3 is 1. The summed E-state index contributed by atoms with van der Waals surface area (Å²) in [6.45, 7) is 4.34. The minimum Gasteiger partial charge on any atom is -0.496 e. The first kappa shape index (κ1) is 16.3. The van der Waals surface area contributed by atoms with Gasteiger partial charge in [0.1, 0.15) is 5.75 Å². The van der Waals surface area contributed by atoms with Gasteiger partial charge in [-0.1, -0.05) is 6.92 Å². The van der Waals surface area contributed by atoms with E-state index in [-0.39, 0.29) is 17.5 Å². The number of aliphatic hydroxyl groups excluding tert-OH is 1. The zero-order valence-corrected chi connectivity index (χ0v) is 13.6. The molecule has 1 aromatic rings. The molecule has 0 bridgehead atoms. The lowest BCUT2D eigenvalue weighted by Crippen LogP contribution is -2.45. The molecule has 21 heavy (non-hydrogen) atoms. The molecule has 6 heteroatoms. The number of sulfonamides is 1. The Morgan fingerprint density at radius 1 is 1.38 bits per heavy atom. The van der Waals surface area contributed by atoms with Gasteiger partial charge in [-0.3, -0.25) is 0 Å². The molecule has 5 nitrogen and oxygen atoms in total. The molecule has 1 N–H and O–H groups in total. The minimum absolute atomic E-state index is 0.0107. The summed E-state index contributed by atoms with van der Waals surface area (Å²) in [5.74, 6) is 0.848. The van der Waals surface area contributed by atoms with Crippen LogP contribution in [0.2, 0.25) is 0 Å². The van der Waals surface area contributed by atoms with Crippen molar-refractivity contribution in [1.82, 2.24) is 4.31 Å². The Labute approximate surface area is 126 Å². The highest BCUT2D eigenvalue weighted by molar-refractivity contribution is 7.89. The Balaban J connectivity index is 2.39. The lowest BCUT2D eigenvalue weighted by molar-refractivity contribution is 0.202. The van der Waals surface area contributed by atoms with Crippen molar-refractivity contribution >= 4 is 10.0 Å². The van der Waals surface area contributed by atoms with E-state index in [1.54, 1.807) is 16.4 Å². The first-order chi connectivity index (χ1) is 9.91. The second-order valence-electron chi connectivity index (χ2n) is 5.61. The van der Waals surface area contributed by atoms with Gasteiger partial charge in [-0.15, -0.1) is 0 Å². The van der Waals surface area contributed by atoms with Gasteiger partial charge in [0.25, 0.3) is 0 Å². The van der Waals surface area contributed by atoms with Crippen LogP contribution < -0.4 is 4.74 Å². The van der Waals surface area contributed by atoms with E-state index in [1.807, 2.05) is 6.92 Å². The Kier molecular flexibility index (Phi) is 4.91. The van der Waals surface area contributed by atoms with Gasteiger partial charge in [-0.05, 0) is 43.9 Å². The summed E-state index contributed by atoms with van der Waals surface area (Å²) >= 11 is 0. The molecule has 0 saturated carbocycles.